The van der Waals surface area contributed by atoms with E-state index in [1.807, 2.05) is 38.1 Å². The number of rotatable bonds is 7. The molecule has 6 heteroatoms. The predicted octanol–water partition coefficient (Wildman–Crippen LogP) is 2.20. The Balaban J connectivity index is 1.96. The average molecular weight is 341 g/mol. The molecule has 0 saturated heterocycles. The fourth-order valence-corrected chi connectivity index (χ4v) is 2.36. The molecule has 0 bridgehead atoms. The van der Waals surface area contributed by atoms with E-state index in [0.29, 0.717) is 24.1 Å². The van der Waals surface area contributed by atoms with Gasteiger partial charge >= 0.3 is 0 Å². The molecule has 2 amide bonds. The lowest BCUT2D eigenvalue weighted by Crippen LogP contribution is -2.31. The third kappa shape index (κ3) is 5.31. The van der Waals surface area contributed by atoms with Crippen molar-refractivity contribution in [1.82, 2.24) is 15.6 Å². The number of nitrogens with one attached hydrogen (secondary N) is 2. The molecule has 132 valence electrons. The molecule has 0 aliphatic carbocycles. The molecule has 0 fully saturated rings. The van der Waals surface area contributed by atoms with Crippen LogP contribution in [0.2, 0.25) is 0 Å². The lowest BCUT2D eigenvalue weighted by atomic mass is 10.1. The maximum absolute atomic E-state index is 12.3. The normalized spacial score (nSPS) is 10.4. The number of ether oxygens (including phenoxy) is 1. The van der Waals surface area contributed by atoms with E-state index in [2.05, 4.69) is 15.6 Å². The number of carbonyl (C=O) groups is 2. The number of methoxy groups -OCH3 is 1. The van der Waals surface area contributed by atoms with Gasteiger partial charge in [-0.15, -0.1) is 0 Å². The van der Waals surface area contributed by atoms with Crippen LogP contribution in [0.5, 0.6) is 5.75 Å². The molecule has 2 rings (SSSR count). The summed E-state index contributed by atoms with van der Waals surface area (Å²) >= 11 is 0. The van der Waals surface area contributed by atoms with Crippen LogP contribution in [0.1, 0.15) is 40.1 Å². The van der Waals surface area contributed by atoms with Crippen molar-refractivity contribution >= 4 is 11.8 Å². The van der Waals surface area contributed by atoms with E-state index in [1.54, 1.807) is 13.2 Å². The molecule has 1 aromatic carbocycles. The summed E-state index contributed by atoms with van der Waals surface area (Å²) in [5.74, 6) is 0.290. The number of nitrogens with zero attached hydrogens (tertiary/aromatic N) is 1. The number of pyridine rings is 1. The standard InChI is InChI=1S/C19H23N3O3/c1-13(2)22-19(24)16-10-15(11-20-12-16)18(23)21-9-8-14-6-4-5-7-17(14)25-3/h4-7,10-13H,8-9H2,1-3H3,(H,21,23)(H,22,24). The molecule has 2 N–H and O–H groups in total. The van der Waals surface area contributed by atoms with Crippen LogP contribution in [0.25, 0.3) is 0 Å². The van der Waals surface area contributed by atoms with Crippen LogP contribution in [-0.4, -0.2) is 36.5 Å². The Labute approximate surface area is 147 Å². The highest BCUT2D eigenvalue weighted by Gasteiger charge is 2.12. The molecule has 0 unspecified atom stereocenters. The molecule has 6 nitrogen and oxygen atoms in total. The summed E-state index contributed by atoms with van der Waals surface area (Å²) in [5.41, 5.74) is 1.75. The number of aromatic nitrogens is 1. The van der Waals surface area contributed by atoms with E-state index in [9.17, 15) is 9.59 Å². The summed E-state index contributed by atoms with van der Waals surface area (Å²) in [7, 11) is 1.62. The van der Waals surface area contributed by atoms with Gasteiger partial charge in [-0.3, -0.25) is 14.6 Å². The van der Waals surface area contributed by atoms with Gasteiger partial charge in [0.2, 0.25) is 0 Å². The molecule has 0 radical (unpaired) electrons. The first kappa shape index (κ1) is 18.4. The van der Waals surface area contributed by atoms with Crippen molar-refractivity contribution in [3.63, 3.8) is 0 Å². The number of carbonyl (C=O) groups excluding carboxylic acids is 2. The summed E-state index contributed by atoms with van der Waals surface area (Å²) in [6.07, 6.45) is 3.55. The zero-order valence-corrected chi connectivity index (χ0v) is 14.7. The molecule has 2 aromatic rings. The second-order valence-corrected chi connectivity index (χ2v) is 5.91. The lowest BCUT2D eigenvalue weighted by Gasteiger charge is -2.10. The molecule has 1 aromatic heterocycles. The Hall–Kier alpha value is -2.89. The number of hydrogen-bond acceptors (Lipinski definition) is 4. The van der Waals surface area contributed by atoms with Crippen LogP contribution in [0.4, 0.5) is 0 Å². The van der Waals surface area contributed by atoms with E-state index >= 15 is 0 Å². The number of hydrogen-bond donors (Lipinski definition) is 2. The summed E-state index contributed by atoms with van der Waals surface area (Å²) in [6.45, 7) is 4.21. The highest BCUT2D eigenvalue weighted by molar-refractivity contribution is 5.99. The minimum absolute atomic E-state index is 0.0193. The molecule has 0 saturated carbocycles. The first-order valence-corrected chi connectivity index (χ1v) is 8.17. The van der Waals surface area contributed by atoms with E-state index in [-0.39, 0.29) is 17.9 Å². The number of amides is 2. The highest BCUT2D eigenvalue weighted by Crippen LogP contribution is 2.17. The Morgan fingerprint density at radius 1 is 1.12 bits per heavy atom. The summed E-state index contributed by atoms with van der Waals surface area (Å²) in [4.78, 5) is 28.3. The smallest absolute Gasteiger partial charge is 0.253 e. The van der Waals surface area contributed by atoms with Gasteiger partial charge in [-0.1, -0.05) is 18.2 Å². The molecular weight excluding hydrogens is 318 g/mol. The Bertz CT molecular complexity index is 744. The molecule has 0 spiro atoms. The van der Waals surface area contributed by atoms with E-state index in [1.165, 1.54) is 12.4 Å². The molecule has 0 aliphatic rings. The fraction of sp³-hybridized carbons (Fsp3) is 0.316. The van der Waals surface area contributed by atoms with Crippen LogP contribution in [0, 0.1) is 0 Å². The Morgan fingerprint density at radius 2 is 1.80 bits per heavy atom. The van der Waals surface area contributed by atoms with E-state index in [0.717, 1.165) is 11.3 Å². The van der Waals surface area contributed by atoms with Crippen molar-refractivity contribution in [1.29, 1.82) is 0 Å². The third-order valence-corrected chi connectivity index (χ3v) is 3.55. The number of benzene rings is 1. The highest BCUT2D eigenvalue weighted by atomic mass is 16.5. The van der Waals surface area contributed by atoms with E-state index < -0.39 is 0 Å². The van der Waals surface area contributed by atoms with E-state index in [4.69, 9.17) is 4.74 Å². The molecule has 0 atom stereocenters. The van der Waals surface area contributed by atoms with Gasteiger partial charge in [0.05, 0.1) is 18.2 Å². The van der Waals surface area contributed by atoms with Crippen LogP contribution in [0.3, 0.4) is 0 Å². The Morgan fingerprint density at radius 3 is 2.48 bits per heavy atom. The molecule has 0 aliphatic heterocycles. The second kappa shape index (κ2) is 8.82. The first-order valence-electron chi connectivity index (χ1n) is 8.17. The summed E-state index contributed by atoms with van der Waals surface area (Å²) in [6, 6.07) is 9.25. The topological polar surface area (TPSA) is 80.3 Å². The zero-order chi connectivity index (χ0) is 18.2. The van der Waals surface area contributed by atoms with Gasteiger partial charge in [-0.05, 0) is 38.0 Å². The van der Waals surface area contributed by atoms with Crippen molar-refractivity contribution in [2.45, 2.75) is 26.3 Å². The van der Waals surface area contributed by atoms with Crippen molar-refractivity contribution in [3.8, 4) is 5.75 Å². The maximum Gasteiger partial charge on any atom is 0.253 e. The molecule has 25 heavy (non-hydrogen) atoms. The van der Waals surface area contributed by atoms with Gasteiger partial charge in [0, 0.05) is 25.0 Å². The fourth-order valence-electron chi connectivity index (χ4n) is 2.36. The van der Waals surface area contributed by atoms with Gasteiger partial charge in [0.15, 0.2) is 0 Å². The van der Waals surface area contributed by atoms with Crippen LogP contribution < -0.4 is 15.4 Å². The van der Waals surface area contributed by atoms with Crippen LogP contribution in [-0.2, 0) is 6.42 Å². The van der Waals surface area contributed by atoms with Gasteiger partial charge in [0.1, 0.15) is 5.75 Å². The van der Waals surface area contributed by atoms with Crippen molar-refractivity contribution < 1.29 is 14.3 Å². The third-order valence-electron chi connectivity index (χ3n) is 3.55. The van der Waals surface area contributed by atoms with Crippen molar-refractivity contribution in [2.75, 3.05) is 13.7 Å². The molecular formula is C19H23N3O3. The van der Waals surface area contributed by atoms with Gasteiger partial charge in [-0.2, -0.15) is 0 Å². The molecule has 1 heterocycles. The minimum atomic E-state index is -0.262. The van der Waals surface area contributed by atoms with Gasteiger partial charge < -0.3 is 15.4 Å². The summed E-state index contributed by atoms with van der Waals surface area (Å²) in [5, 5.41) is 5.62. The monoisotopic (exact) mass is 341 g/mol. The zero-order valence-electron chi connectivity index (χ0n) is 14.7. The second-order valence-electron chi connectivity index (χ2n) is 5.91. The van der Waals surface area contributed by atoms with Crippen molar-refractivity contribution in [2.24, 2.45) is 0 Å². The van der Waals surface area contributed by atoms with Gasteiger partial charge in [0.25, 0.3) is 11.8 Å². The quantitative estimate of drug-likeness (QED) is 0.809. The minimum Gasteiger partial charge on any atom is -0.496 e. The predicted molar refractivity (Wildman–Crippen MR) is 95.9 cm³/mol. The SMILES string of the molecule is COc1ccccc1CCNC(=O)c1cncc(C(=O)NC(C)C)c1. The lowest BCUT2D eigenvalue weighted by molar-refractivity contribution is 0.0942. The average Bonchev–Trinajstić information content (AvgIpc) is 2.61. The Kier molecular flexibility index (Phi) is 6.51. The number of para-hydroxylation sites is 1. The summed E-state index contributed by atoms with van der Waals surface area (Å²) < 4.78 is 5.29. The van der Waals surface area contributed by atoms with Crippen molar-refractivity contribution in [3.05, 3.63) is 59.4 Å². The first-order chi connectivity index (χ1) is 12.0. The van der Waals surface area contributed by atoms with Crippen LogP contribution >= 0.6 is 0 Å². The van der Waals surface area contributed by atoms with Crippen LogP contribution in [0.15, 0.2) is 42.7 Å². The maximum atomic E-state index is 12.3. The largest absolute Gasteiger partial charge is 0.496 e. The van der Waals surface area contributed by atoms with Gasteiger partial charge in [-0.25, -0.2) is 0 Å².